The molecule has 5 heteroatoms. The van der Waals surface area contributed by atoms with Crippen LogP contribution in [0.25, 0.3) is 10.2 Å². The highest BCUT2D eigenvalue weighted by Crippen LogP contribution is 2.31. The second-order valence-electron chi connectivity index (χ2n) is 4.52. The van der Waals surface area contributed by atoms with Gasteiger partial charge in [-0.1, -0.05) is 0 Å². The summed E-state index contributed by atoms with van der Waals surface area (Å²) in [5, 5.41) is 9.89. The van der Waals surface area contributed by atoms with Crippen molar-refractivity contribution in [3.63, 3.8) is 0 Å². The minimum Gasteiger partial charge on any atom is -0.397 e. The van der Waals surface area contributed by atoms with E-state index in [0.717, 1.165) is 26.6 Å². The monoisotopic (exact) mass is 260 g/mol. The van der Waals surface area contributed by atoms with Crippen molar-refractivity contribution < 1.29 is 0 Å². The van der Waals surface area contributed by atoms with Crippen molar-refractivity contribution >= 4 is 32.9 Å². The third-order valence-corrected chi connectivity index (χ3v) is 3.76. The van der Waals surface area contributed by atoms with E-state index in [0.29, 0.717) is 6.54 Å². The molecule has 0 fully saturated rings. The number of anilines is 2. The van der Waals surface area contributed by atoms with E-state index in [4.69, 9.17) is 11.0 Å². The minimum absolute atomic E-state index is 0.0257. The van der Waals surface area contributed by atoms with E-state index in [1.807, 2.05) is 37.9 Å². The summed E-state index contributed by atoms with van der Waals surface area (Å²) in [4.78, 5) is 6.48. The summed E-state index contributed by atoms with van der Waals surface area (Å²) in [5.74, 6) is -0.0257. The Morgan fingerprint density at radius 1 is 1.56 bits per heavy atom. The largest absolute Gasteiger partial charge is 0.397 e. The minimum atomic E-state index is -0.0257. The van der Waals surface area contributed by atoms with Crippen LogP contribution in [-0.4, -0.2) is 18.6 Å². The second kappa shape index (κ2) is 4.83. The van der Waals surface area contributed by atoms with Gasteiger partial charge in [-0.25, -0.2) is 4.98 Å². The smallest absolute Gasteiger partial charge is 0.0907 e. The third-order valence-electron chi connectivity index (χ3n) is 2.82. The molecule has 4 nitrogen and oxygen atoms in total. The first kappa shape index (κ1) is 12.7. The van der Waals surface area contributed by atoms with Crippen LogP contribution in [0.2, 0.25) is 0 Å². The molecule has 94 valence electrons. The summed E-state index contributed by atoms with van der Waals surface area (Å²) < 4.78 is 1.11. The standard InChI is InChI=1S/C13H16N4S/c1-8(6-14)7-17(3)12-5-11-13(4-10(12)15)18-9(2)16-11/h4-5,8H,7,15H2,1-3H3. The molecule has 1 heterocycles. The molecule has 0 radical (unpaired) electrons. The Morgan fingerprint density at radius 3 is 2.94 bits per heavy atom. The summed E-state index contributed by atoms with van der Waals surface area (Å²) in [7, 11) is 1.95. The van der Waals surface area contributed by atoms with Gasteiger partial charge >= 0.3 is 0 Å². The number of thiazole rings is 1. The van der Waals surface area contributed by atoms with Crippen LogP contribution in [-0.2, 0) is 0 Å². The molecule has 2 N–H and O–H groups in total. The first-order valence-electron chi connectivity index (χ1n) is 5.78. The van der Waals surface area contributed by atoms with Gasteiger partial charge in [0.15, 0.2) is 0 Å². The maximum Gasteiger partial charge on any atom is 0.0907 e. The molecule has 0 saturated carbocycles. The number of nitrogens with zero attached hydrogens (tertiary/aromatic N) is 3. The lowest BCUT2D eigenvalue weighted by molar-refractivity contribution is 0.717. The topological polar surface area (TPSA) is 65.9 Å². The molecule has 1 unspecified atom stereocenters. The molecule has 0 bridgehead atoms. The summed E-state index contributed by atoms with van der Waals surface area (Å²) in [6.07, 6.45) is 0. The van der Waals surface area contributed by atoms with E-state index in [1.54, 1.807) is 11.3 Å². The quantitative estimate of drug-likeness (QED) is 0.862. The van der Waals surface area contributed by atoms with E-state index in [1.165, 1.54) is 0 Å². The maximum absolute atomic E-state index is 8.86. The van der Waals surface area contributed by atoms with Crippen LogP contribution >= 0.6 is 11.3 Å². The van der Waals surface area contributed by atoms with Gasteiger partial charge in [-0.15, -0.1) is 11.3 Å². The molecule has 1 aromatic heterocycles. The fourth-order valence-electron chi connectivity index (χ4n) is 1.97. The van der Waals surface area contributed by atoms with Crippen LogP contribution in [0.15, 0.2) is 12.1 Å². The number of hydrogen-bond donors (Lipinski definition) is 1. The fourth-order valence-corrected chi connectivity index (χ4v) is 2.83. The molecule has 2 rings (SSSR count). The molecule has 0 aliphatic heterocycles. The van der Waals surface area contributed by atoms with Crippen LogP contribution in [0.5, 0.6) is 0 Å². The SMILES string of the molecule is Cc1nc2cc(N(C)CC(C)C#N)c(N)cc2s1. The predicted octanol–water partition coefficient (Wildman–Crippen LogP) is 2.78. The number of nitrogens with two attached hydrogens (primary N) is 1. The number of nitriles is 1. The zero-order chi connectivity index (χ0) is 13.3. The molecular formula is C13H16N4S. The highest BCUT2D eigenvalue weighted by molar-refractivity contribution is 7.18. The summed E-state index contributed by atoms with van der Waals surface area (Å²) in [6, 6.07) is 6.19. The van der Waals surface area contributed by atoms with Crippen molar-refractivity contribution in [2.45, 2.75) is 13.8 Å². The first-order valence-corrected chi connectivity index (χ1v) is 6.60. The van der Waals surface area contributed by atoms with Gasteiger partial charge in [0.2, 0.25) is 0 Å². The molecule has 1 aromatic carbocycles. The Hall–Kier alpha value is -1.80. The van der Waals surface area contributed by atoms with E-state index in [-0.39, 0.29) is 5.92 Å². The van der Waals surface area contributed by atoms with Gasteiger partial charge in [0, 0.05) is 13.6 Å². The Bertz CT molecular complexity index is 611. The van der Waals surface area contributed by atoms with Gasteiger partial charge < -0.3 is 10.6 Å². The summed E-state index contributed by atoms with van der Waals surface area (Å²) >= 11 is 1.64. The van der Waals surface area contributed by atoms with Gasteiger partial charge in [-0.05, 0) is 26.0 Å². The highest BCUT2D eigenvalue weighted by Gasteiger charge is 2.12. The number of benzene rings is 1. The molecule has 0 spiro atoms. The summed E-state index contributed by atoms with van der Waals surface area (Å²) in [5.41, 5.74) is 8.71. The molecule has 1 atom stereocenters. The van der Waals surface area contributed by atoms with E-state index in [2.05, 4.69) is 11.1 Å². The van der Waals surface area contributed by atoms with Gasteiger partial charge in [-0.2, -0.15) is 5.26 Å². The van der Waals surface area contributed by atoms with Crippen molar-refractivity contribution in [2.75, 3.05) is 24.2 Å². The maximum atomic E-state index is 8.86. The number of nitrogen functional groups attached to an aromatic ring is 1. The lowest BCUT2D eigenvalue weighted by atomic mass is 10.1. The lowest BCUT2D eigenvalue weighted by Gasteiger charge is -2.22. The van der Waals surface area contributed by atoms with Gasteiger partial charge in [-0.3, -0.25) is 0 Å². The molecule has 0 aliphatic carbocycles. The van der Waals surface area contributed by atoms with Crippen LogP contribution in [0.4, 0.5) is 11.4 Å². The zero-order valence-electron chi connectivity index (χ0n) is 10.8. The number of rotatable bonds is 3. The number of hydrogen-bond acceptors (Lipinski definition) is 5. The van der Waals surface area contributed by atoms with Crippen molar-refractivity contribution in [3.8, 4) is 6.07 Å². The van der Waals surface area contributed by atoms with Gasteiger partial charge in [0.05, 0.1) is 38.6 Å². The molecule has 0 aliphatic rings. The van der Waals surface area contributed by atoms with Crippen LogP contribution in [0.1, 0.15) is 11.9 Å². The van der Waals surface area contributed by atoms with Crippen molar-refractivity contribution in [1.29, 1.82) is 5.26 Å². The zero-order valence-corrected chi connectivity index (χ0v) is 11.6. The summed E-state index contributed by atoms with van der Waals surface area (Å²) in [6.45, 7) is 4.55. The number of aryl methyl sites for hydroxylation is 1. The van der Waals surface area contributed by atoms with Crippen LogP contribution in [0, 0.1) is 24.2 Å². The first-order chi connectivity index (χ1) is 8.51. The van der Waals surface area contributed by atoms with Crippen LogP contribution < -0.4 is 10.6 Å². The fraction of sp³-hybridized carbons (Fsp3) is 0.385. The Balaban J connectivity index is 2.38. The van der Waals surface area contributed by atoms with Gasteiger partial charge in [0.25, 0.3) is 0 Å². The molecule has 0 saturated heterocycles. The van der Waals surface area contributed by atoms with Crippen LogP contribution in [0.3, 0.4) is 0 Å². The molecular weight excluding hydrogens is 244 g/mol. The number of aromatic nitrogens is 1. The normalized spacial score (nSPS) is 12.3. The highest BCUT2D eigenvalue weighted by atomic mass is 32.1. The second-order valence-corrected chi connectivity index (χ2v) is 5.76. The Kier molecular flexibility index (Phi) is 3.39. The average Bonchev–Trinajstić information content (AvgIpc) is 2.66. The molecule has 18 heavy (non-hydrogen) atoms. The molecule has 0 amide bonds. The average molecular weight is 260 g/mol. The van der Waals surface area contributed by atoms with Crippen molar-refractivity contribution in [1.82, 2.24) is 4.98 Å². The van der Waals surface area contributed by atoms with E-state index in [9.17, 15) is 0 Å². The third kappa shape index (κ3) is 2.39. The lowest BCUT2D eigenvalue weighted by Crippen LogP contribution is -2.24. The van der Waals surface area contributed by atoms with Crippen molar-refractivity contribution in [3.05, 3.63) is 17.1 Å². The van der Waals surface area contributed by atoms with E-state index >= 15 is 0 Å². The predicted molar refractivity (Wildman–Crippen MR) is 76.8 cm³/mol. The Labute approximate surface area is 111 Å². The Morgan fingerprint density at radius 2 is 2.28 bits per heavy atom. The van der Waals surface area contributed by atoms with Gasteiger partial charge in [0.1, 0.15) is 0 Å². The van der Waals surface area contributed by atoms with E-state index < -0.39 is 0 Å². The number of fused-ring (bicyclic) bond motifs is 1. The molecule has 2 aromatic rings. The van der Waals surface area contributed by atoms with Crippen molar-refractivity contribution in [2.24, 2.45) is 5.92 Å².